The van der Waals surface area contributed by atoms with E-state index in [2.05, 4.69) is 35.9 Å². The van der Waals surface area contributed by atoms with Crippen LogP contribution in [0.4, 0.5) is 0 Å². The zero-order valence-electron chi connectivity index (χ0n) is 11.9. The van der Waals surface area contributed by atoms with Gasteiger partial charge in [0.15, 0.2) is 5.82 Å². The minimum Gasteiger partial charge on any atom is -0.339 e. The van der Waals surface area contributed by atoms with Gasteiger partial charge in [-0.15, -0.1) is 0 Å². The first-order valence-electron chi connectivity index (χ1n) is 7.17. The van der Waals surface area contributed by atoms with E-state index in [-0.39, 0.29) is 0 Å². The van der Waals surface area contributed by atoms with E-state index >= 15 is 0 Å². The van der Waals surface area contributed by atoms with Crippen LogP contribution in [-0.2, 0) is 12.8 Å². The fourth-order valence-corrected chi connectivity index (χ4v) is 3.02. The van der Waals surface area contributed by atoms with Crippen LogP contribution in [-0.4, -0.2) is 35.2 Å². The molecule has 1 unspecified atom stereocenters. The van der Waals surface area contributed by atoms with Crippen molar-refractivity contribution in [2.45, 2.75) is 52.4 Å². The molecule has 18 heavy (non-hydrogen) atoms. The van der Waals surface area contributed by atoms with Crippen molar-refractivity contribution in [1.29, 1.82) is 0 Å². The minimum absolute atomic E-state index is 0.336. The van der Waals surface area contributed by atoms with Crippen LogP contribution in [0.1, 0.15) is 51.2 Å². The quantitative estimate of drug-likeness (QED) is 0.807. The highest BCUT2D eigenvalue weighted by atomic mass is 16.5. The molecule has 0 aliphatic carbocycles. The molecule has 2 heterocycles. The molecule has 4 heteroatoms. The van der Waals surface area contributed by atoms with Gasteiger partial charge >= 0.3 is 0 Å². The molecule has 1 atom stereocenters. The summed E-state index contributed by atoms with van der Waals surface area (Å²) in [6.07, 6.45) is 6.66. The molecular formula is C14H25N3O. The fraction of sp³-hybridized carbons (Fsp3) is 0.857. The first-order chi connectivity index (χ1) is 8.67. The summed E-state index contributed by atoms with van der Waals surface area (Å²) >= 11 is 0. The van der Waals surface area contributed by atoms with Gasteiger partial charge in [-0.05, 0) is 44.7 Å². The van der Waals surface area contributed by atoms with E-state index in [1.807, 2.05) is 0 Å². The minimum atomic E-state index is 0.336. The normalized spacial score (nSPS) is 25.5. The lowest BCUT2D eigenvalue weighted by molar-refractivity contribution is 0.0945. The standard InChI is InChI=1S/C14H25N3O/c1-4-7-12-15-13(18-16-12)10-14(5-2)8-6-9-17(3)11-14/h4-11H2,1-3H3. The van der Waals surface area contributed by atoms with Crippen molar-refractivity contribution in [3.05, 3.63) is 11.7 Å². The second kappa shape index (κ2) is 5.83. The summed E-state index contributed by atoms with van der Waals surface area (Å²) < 4.78 is 5.40. The van der Waals surface area contributed by atoms with Crippen LogP contribution >= 0.6 is 0 Å². The largest absolute Gasteiger partial charge is 0.339 e. The van der Waals surface area contributed by atoms with Crippen LogP contribution in [0, 0.1) is 5.41 Å². The molecule has 0 radical (unpaired) electrons. The Morgan fingerprint density at radius 1 is 1.39 bits per heavy atom. The van der Waals surface area contributed by atoms with Gasteiger partial charge in [0, 0.05) is 19.4 Å². The molecule has 1 fully saturated rings. The average molecular weight is 251 g/mol. The number of aryl methyl sites for hydroxylation is 1. The van der Waals surface area contributed by atoms with E-state index in [0.717, 1.165) is 37.5 Å². The van der Waals surface area contributed by atoms with Crippen molar-refractivity contribution in [1.82, 2.24) is 15.0 Å². The van der Waals surface area contributed by atoms with Gasteiger partial charge in [0.1, 0.15) is 0 Å². The summed E-state index contributed by atoms with van der Waals surface area (Å²) in [6, 6.07) is 0. The number of hydrogen-bond donors (Lipinski definition) is 0. The smallest absolute Gasteiger partial charge is 0.227 e. The molecule has 0 amide bonds. The number of rotatable bonds is 5. The SMILES string of the molecule is CCCc1noc(CC2(CC)CCCN(C)C2)n1. The lowest BCUT2D eigenvalue weighted by Gasteiger charge is -2.40. The molecule has 4 nitrogen and oxygen atoms in total. The van der Waals surface area contributed by atoms with Crippen molar-refractivity contribution < 1.29 is 4.52 Å². The molecule has 1 aliphatic heterocycles. The van der Waals surface area contributed by atoms with Crippen molar-refractivity contribution in [3.8, 4) is 0 Å². The van der Waals surface area contributed by atoms with E-state index < -0.39 is 0 Å². The molecule has 0 aromatic carbocycles. The van der Waals surface area contributed by atoms with Crippen LogP contribution in [0.5, 0.6) is 0 Å². The number of likely N-dealkylation sites (tertiary alicyclic amines) is 1. The maximum atomic E-state index is 5.40. The number of hydrogen-bond acceptors (Lipinski definition) is 4. The van der Waals surface area contributed by atoms with Crippen molar-refractivity contribution in [3.63, 3.8) is 0 Å². The molecule has 1 aliphatic rings. The molecule has 1 aromatic rings. The van der Waals surface area contributed by atoms with E-state index in [4.69, 9.17) is 4.52 Å². The Kier molecular flexibility index (Phi) is 4.38. The topological polar surface area (TPSA) is 42.2 Å². The summed E-state index contributed by atoms with van der Waals surface area (Å²) in [4.78, 5) is 6.94. The van der Waals surface area contributed by atoms with Crippen LogP contribution in [0.15, 0.2) is 4.52 Å². The van der Waals surface area contributed by atoms with Gasteiger partial charge in [0.25, 0.3) is 0 Å². The molecule has 0 N–H and O–H groups in total. The van der Waals surface area contributed by atoms with Crippen molar-refractivity contribution >= 4 is 0 Å². The Hall–Kier alpha value is -0.900. The predicted octanol–water partition coefficient (Wildman–Crippen LogP) is 2.69. The van der Waals surface area contributed by atoms with Crippen molar-refractivity contribution in [2.24, 2.45) is 5.41 Å². The molecule has 2 rings (SSSR count). The van der Waals surface area contributed by atoms with Crippen LogP contribution in [0.3, 0.4) is 0 Å². The summed E-state index contributed by atoms with van der Waals surface area (Å²) in [7, 11) is 2.21. The van der Waals surface area contributed by atoms with Crippen LogP contribution < -0.4 is 0 Å². The Bertz CT molecular complexity index is 377. The molecule has 0 bridgehead atoms. The molecular weight excluding hydrogens is 226 g/mol. The van der Waals surface area contributed by atoms with Crippen LogP contribution in [0.2, 0.25) is 0 Å². The van der Waals surface area contributed by atoms with Gasteiger partial charge < -0.3 is 9.42 Å². The summed E-state index contributed by atoms with van der Waals surface area (Å²) in [5.74, 6) is 1.69. The number of piperidine rings is 1. The third-order valence-electron chi connectivity index (χ3n) is 4.11. The van der Waals surface area contributed by atoms with Crippen LogP contribution in [0.25, 0.3) is 0 Å². The zero-order chi connectivity index (χ0) is 13.0. The number of aromatic nitrogens is 2. The highest BCUT2D eigenvalue weighted by molar-refractivity contribution is 4.95. The maximum Gasteiger partial charge on any atom is 0.227 e. The van der Waals surface area contributed by atoms with Gasteiger partial charge in [-0.1, -0.05) is 19.0 Å². The van der Waals surface area contributed by atoms with Gasteiger partial charge in [0.05, 0.1) is 0 Å². The number of nitrogens with zero attached hydrogens (tertiary/aromatic N) is 3. The third-order valence-corrected chi connectivity index (χ3v) is 4.11. The van der Waals surface area contributed by atoms with E-state index in [9.17, 15) is 0 Å². The first kappa shape index (κ1) is 13.5. The second-order valence-corrected chi connectivity index (χ2v) is 5.73. The van der Waals surface area contributed by atoms with Crippen molar-refractivity contribution in [2.75, 3.05) is 20.1 Å². The second-order valence-electron chi connectivity index (χ2n) is 5.73. The Balaban J connectivity index is 2.04. The van der Waals surface area contributed by atoms with E-state index in [1.165, 1.54) is 25.8 Å². The lowest BCUT2D eigenvalue weighted by atomic mass is 9.75. The molecule has 1 aromatic heterocycles. The first-order valence-corrected chi connectivity index (χ1v) is 7.17. The molecule has 102 valence electrons. The maximum absolute atomic E-state index is 5.40. The lowest BCUT2D eigenvalue weighted by Crippen LogP contribution is -2.42. The molecule has 0 saturated carbocycles. The fourth-order valence-electron chi connectivity index (χ4n) is 3.02. The van der Waals surface area contributed by atoms with E-state index in [0.29, 0.717) is 5.41 Å². The Morgan fingerprint density at radius 2 is 2.22 bits per heavy atom. The van der Waals surface area contributed by atoms with E-state index in [1.54, 1.807) is 0 Å². The third kappa shape index (κ3) is 3.10. The monoisotopic (exact) mass is 251 g/mol. The van der Waals surface area contributed by atoms with Gasteiger partial charge in [0.2, 0.25) is 5.89 Å². The van der Waals surface area contributed by atoms with Gasteiger partial charge in [-0.2, -0.15) is 4.98 Å². The predicted molar refractivity (Wildman–Crippen MR) is 71.5 cm³/mol. The summed E-state index contributed by atoms with van der Waals surface area (Å²) in [6.45, 7) is 6.78. The highest BCUT2D eigenvalue weighted by Crippen LogP contribution is 2.35. The van der Waals surface area contributed by atoms with Gasteiger partial charge in [-0.25, -0.2) is 0 Å². The summed E-state index contributed by atoms with van der Waals surface area (Å²) in [5.41, 5.74) is 0.336. The molecule has 0 spiro atoms. The highest BCUT2D eigenvalue weighted by Gasteiger charge is 2.34. The Morgan fingerprint density at radius 3 is 2.89 bits per heavy atom. The zero-order valence-corrected chi connectivity index (χ0v) is 11.9. The Labute approximate surface area is 110 Å². The van der Waals surface area contributed by atoms with Gasteiger partial charge in [-0.3, -0.25) is 0 Å². The summed E-state index contributed by atoms with van der Waals surface area (Å²) in [5, 5.41) is 4.06. The average Bonchev–Trinajstić information content (AvgIpc) is 2.77. The molecule has 1 saturated heterocycles.